The average molecular weight is 296 g/mol. The molecule has 0 saturated carbocycles. The molecule has 0 bridgehead atoms. The second-order valence-corrected chi connectivity index (χ2v) is 2.47. The van der Waals surface area contributed by atoms with E-state index in [0.717, 1.165) is 0 Å². The molecule has 0 fully saturated rings. The molecule has 4 nitrogen and oxygen atoms in total. The second kappa shape index (κ2) is 6.02. The molecule has 0 aliphatic rings. The fraction of sp³-hybridized carbons (Fsp3) is 0. The van der Waals surface area contributed by atoms with Gasteiger partial charge in [-0.25, -0.2) is 0 Å². The van der Waals surface area contributed by atoms with Gasteiger partial charge < -0.3 is 0 Å². The number of hydrogen-bond acceptors (Lipinski definition) is 4. The summed E-state index contributed by atoms with van der Waals surface area (Å²) >= 11 is -5.00. The van der Waals surface area contributed by atoms with Crippen LogP contribution >= 0.6 is 0 Å². The fourth-order valence-corrected chi connectivity index (χ4v) is 0. The van der Waals surface area contributed by atoms with Gasteiger partial charge in [0.2, 0.25) is 0 Å². The SMILES string of the molecule is [Mn].[OH][Ti]([OH])([OH])[OH].[SbH3]. The van der Waals surface area contributed by atoms with Crippen LogP contribution in [0.25, 0.3) is 0 Å². The maximum atomic E-state index is 7.38. The van der Waals surface area contributed by atoms with E-state index in [1.165, 1.54) is 0 Å². The zero-order valence-corrected chi connectivity index (χ0v) is 10.2. The van der Waals surface area contributed by atoms with E-state index in [0.29, 0.717) is 0 Å². The van der Waals surface area contributed by atoms with Crippen molar-refractivity contribution in [1.29, 1.82) is 0 Å². The predicted molar refractivity (Wildman–Crippen MR) is 18.8 cm³/mol. The van der Waals surface area contributed by atoms with Crippen LogP contribution in [0.5, 0.6) is 0 Å². The molecule has 0 aliphatic heterocycles. The third kappa shape index (κ3) is 76.5. The van der Waals surface area contributed by atoms with Gasteiger partial charge in [0, 0.05) is 17.1 Å². The Bertz CT molecular complexity index is 27.2. The Hall–Kier alpha value is 1.89. The van der Waals surface area contributed by atoms with Gasteiger partial charge in [0.05, 0.1) is 0 Å². The Balaban J connectivity index is -0.0000000800. The Morgan fingerprint density at radius 2 is 0.857 bits per heavy atom. The van der Waals surface area contributed by atoms with Crippen molar-refractivity contribution in [2.45, 2.75) is 0 Å². The van der Waals surface area contributed by atoms with Gasteiger partial charge >= 0.3 is 57.3 Å². The molecule has 7 heteroatoms. The van der Waals surface area contributed by atoms with Crippen molar-refractivity contribution in [2.24, 2.45) is 0 Å². The first-order valence-electron chi connectivity index (χ1n) is 0.894. The molecule has 0 rings (SSSR count). The molecule has 7 heavy (non-hydrogen) atoms. The van der Waals surface area contributed by atoms with Crippen LogP contribution in [0, 0.1) is 0 Å². The molecule has 0 aliphatic carbocycles. The van der Waals surface area contributed by atoms with E-state index in [1.54, 1.807) is 0 Å². The standard InChI is InChI=1S/Mn.4H2O.Sb.Ti.3H/h;4*1H2;;;;;/q;;;;;;+4;;;/p-4. The summed E-state index contributed by atoms with van der Waals surface area (Å²) in [4.78, 5) is 0. The van der Waals surface area contributed by atoms with E-state index >= 15 is 0 Å². The molecule has 0 aromatic carbocycles. The van der Waals surface area contributed by atoms with Crippen molar-refractivity contribution in [2.75, 3.05) is 0 Å². The Morgan fingerprint density at radius 1 is 0.857 bits per heavy atom. The van der Waals surface area contributed by atoms with Crippen molar-refractivity contribution in [3.8, 4) is 0 Å². The minimum atomic E-state index is -5.00. The second-order valence-electron chi connectivity index (χ2n) is 0.600. The van der Waals surface area contributed by atoms with Crippen LogP contribution in [0.3, 0.4) is 0 Å². The molecule has 0 amide bonds. The van der Waals surface area contributed by atoms with E-state index in [1.807, 2.05) is 0 Å². The van der Waals surface area contributed by atoms with Crippen molar-refractivity contribution in [3.63, 3.8) is 0 Å². The van der Waals surface area contributed by atoms with Gasteiger partial charge in [-0.2, -0.15) is 0 Å². The van der Waals surface area contributed by atoms with Crippen LogP contribution in [-0.2, 0) is 35.2 Å². The van der Waals surface area contributed by atoms with E-state index in [-0.39, 0.29) is 41.5 Å². The molecule has 0 aromatic rings. The van der Waals surface area contributed by atoms with Crippen molar-refractivity contribution in [3.05, 3.63) is 0 Å². The van der Waals surface area contributed by atoms with Gasteiger partial charge in [0.15, 0.2) is 0 Å². The van der Waals surface area contributed by atoms with Gasteiger partial charge in [-0.3, -0.25) is 0 Å². The van der Waals surface area contributed by atoms with Crippen molar-refractivity contribution in [1.82, 2.24) is 0 Å². The fourth-order valence-electron chi connectivity index (χ4n) is 0. The van der Waals surface area contributed by atoms with Gasteiger partial charge in [-0.1, -0.05) is 0 Å². The van der Waals surface area contributed by atoms with Gasteiger partial charge in [-0.15, -0.1) is 0 Å². The average Bonchev–Trinajstić information content (AvgIpc) is 0.722. The Morgan fingerprint density at radius 3 is 0.857 bits per heavy atom. The van der Waals surface area contributed by atoms with Crippen LogP contribution in [0.1, 0.15) is 0 Å². The zero-order chi connectivity index (χ0) is 4.50. The van der Waals surface area contributed by atoms with Gasteiger partial charge in [-0.05, 0) is 0 Å². The quantitative estimate of drug-likeness (QED) is 0.351. The molecule has 0 spiro atoms. The Labute approximate surface area is 73.7 Å². The summed E-state index contributed by atoms with van der Waals surface area (Å²) < 4.78 is 29.5. The van der Waals surface area contributed by atoms with Crippen LogP contribution in [0.4, 0.5) is 0 Å². The topological polar surface area (TPSA) is 80.9 Å². The third-order valence-electron chi connectivity index (χ3n) is 0. The first-order valence-corrected chi connectivity index (χ1v) is 3.69. The summed E-state index contributed by atoms with van der Waals surface area (Å²) in [5, 5.41) is 0. The third-order valence-corrected chi connectivity index (χ3v) is 0. The van der Waals surface area contributed by atoms with Crippen molar-refractivity contribution < 1.29 is 50.0 Å². The number of hydrogen-bond donors (Lipinski definition) is 4. The molecule has 0 saturated heterocycles. The Kier molecular flexibility index (Phi) is 13.7. The van der Waals surface area contributed by atoms with E-state index in [4.69, 9.17) is 14.8 Å². The summed E-state index contributed by atoms with van der Waals surface area (Å²) in [6, 6.07) is 0. The maximum absolute atomic E-state index is 7.38. The van der Waals surface area contributed by atoms with E-state index in [2.05, 4.69) is 0 Å². The molecule has 0 heterocycles. The van der Waals surface area contributed by atoms with Crippen LogP contribution < -0.4 is 0 Å². The zero-order valence-electron chi connectivity index (χ0n) is 3.37. The van der Waals surface area contributed by atoms with Crippen LogP contribution in [0.15, 0.2) is 0 Å². The molecule has 0 atom stereocenters. The van der Waals surface area contributed by atoms with Crippen LogP contribution in [0.2, 0.25) is 0 Å². The molecule has 4 N–H and O–H groups in total. The molecule has 0 unspecified atom stereocenters. The molecule has 1 radical (unpaired) electrons. The molecule has 47 valence electrons. The summed E-state index contributed by atoms with van der Waals surface area (Å²) in [6.45, 7) is 0. The van der Waals surface area contributed by atoms with E-state index in [9.17, 15) is 0 Å². The number of rotatable bonds is 0. The van der Waals surface area contributed by atoms with Crippen molar-refractivity contribution >= 4 is 24.4 Å². The predicted octanol–water partition coefficient (Wildman–Crippen LogP) is -3.42. The monoisotopic (exact) mass is 295 g/mol. The first kappa shape index (κ1) is 16.0. The van der Waals surface area contributed by atoms with Gasteiger partial charge in [0.25, 0.3) is 0 Å². The molecule has 0 aromatic heterocycles. The summed E-state index contributed by atoms with van der Waals surface area (Å²) in [5.41, 5.74) is 0. The summed E-state index contributed by atoms with van der Waals surface area (Å²) in [6.07, 6.45) is 0. The van der Waals surface area contributed by atoms with Gasteiger partial charge in [0.1, 0.15) is 0 Å². The van der Waals surface area contributed by atoms with Crippen LogP contribution in [-0.4, -0.2) is 39.2 Å². The van der Waals surface area contributed by atoms with E-state index < -0.39 is 18.1 Å². The normalized spacial score (nSPS) is 8.57. The molecular formula is H7MnO4SbTi. The minimum absolute atomic E-state index is 0. The summed E-state index contributed by atoms with van der Waals surface area (Å²) in [5.74, 6) is 0. The first-order chi connectivity index (χ1) is 2.00. The summed E-state index contributed by atoms with van der Waals surface area (Å²) in [7, 11) is 0. The molecular weight excluding hydrogens is 289 g/mol.